The Labute approximate surface area is 139 Å². The highest BCUT2D eigenvalue weighted by Crippen LogP contribution is 2.29. The molecular formula is C17H19ClIN. The fraction of sp³-hybridized carbons (Fsp3) is 0.294. The molecule has 0 saturated heterocycles. The van der Waals surface area contributed by atoms with E-state index in [9.17, 15) is 0 Å². The quantitative estimate of drug-likeness (QED) is 0.669. The average molecular weight is 400 g/mol. The Morgan fingerprint density at radius 2 is 1.95 bits per heavy atom. The maximum Gasteiger partial charge on any atom is 0.0587 e. The van der Waals surface area contributed by atoms with E-state index in [0.717, 1.165) is 18.0 Å². The Kier molecular flexibility index (Phi) is 5.87. The maximum absolute atomic E-state index is 6.15. The summed E-state index contributed by atoms with van der Waals surface area (Å²) in [6, 6.07) is 14.8. The van der Waals surface area contributed by atoms with Gasteiger partial charge in [0, 0.05) is 8.59 Å². The minimum Gasteiger partial charge on any atom is -0.306 e. The zero-order chi connectivity index (χ0) is 14.5. The van der Waals surface area contributed by atoms with Gasteiger partial charge < -0.3 is 5.32 Å². The number of hydrogen-bond donors (Lipinski definition) is 1. The first-order valence-electron chi connectivity index (χ1n) is 6.87. The summed E-state index contributed by atoms with van der Waals surface area (Å²) in [7, 11) is 0. The van der Waals surface area contributed by atoms with Gasteiger partial charge in [0.15, 0.2) is 0 Å². The molecule has 2 aromatic rings. The molecule has 2 rings (SSSR count). The second-order valence-electron chi connectivity index (χ2n) is 4.92. The van der Waals surface area contributed by atoms with Crippen molar-refractivity contribution in [2.24, 2.45) is 0 Å². The van der Waals surface area contributed by atoms with Crippen LogP contribution in [0.4, 0.5) is 0 Å². The summed E-state index contributed by atoms with van der Waals surface area (Å²) < 4.78 is 1.32. The summed E-state index contributed by atoms with van der Waals surface area (Å²) in [5, 5.41) is 4.42. The van der Waals surface area contributed by atoms with Gasteiger partial charge in [-0.15, -0.1) is 0 Å². The number of nitrogens with one attached hydrogen (secondary N) is 1. The smallest absolute Gasteiger partial charge is 0.0587 e. The third kappa shape index (κ3) is 3.74. The SMILES string of the molecule is CCCNC(c1cccc(Cl)c1)c1cccc(C)c1I. The standard InChI is InChI=1S/C17H19ClIN/c1-3-10-20-17(13-7-5-8-14(18)11-13)15-9-4-6-12(2)16(15)19/h4-9,11,17,20H,3,10H2,1-2H3. The summed E-state index contributed by atoms with van der Waals surface area (Å²) in [5.74, 6) is 0. The van der Waals surface area contributed by atoms with Gasteiger partial charge >= 0.3 is 0 Å². The van der Waals surface area contributed by atoms with Crippen molar-refractivity contribution in [3.63, 3.8) is 0 Å². The van der Waals surface area contributed by atoms with Gasteiger partial charge in [0.2, 0.25) is 0 Å². The number of benzene rings is 2. The Bertz CT molecular complexity index is 583. The van der Waals surface area contributed by atoms with E-state index < -0.39 is 0 Å². The topological polar surface area (TPSA) is 12.0 Å². The van der Waals surface area contributed by atoms with Crippen LogP contribution in [0.5, 0.6) is 0 Å². The van der Waals surface area contributed by atoms with Crippen LogP contribution in [0, 0.1) is 10.5 Å². The first-order chi connectivity index (χ1) is 9.63. The van der Waals surface area contributed by atoms with Crippen molar-refractivity contribution in [1.29, 1.82) is 0 Å². The lowest BCUT2D eigenvalue weighted by Crippen LogP contribution is -2.24. The molecule has 0 amide bonds. The monoisotopic (exact) mass is 399 g/mol. The van der Waals surface area contributed by atoms with Crippen LogP contribution in [0.3, 0.4) is 0 Å². The number of rotatable bonds is 5. The number of hydrogen-bond acceptors (Lipinski definition) is 1. The third-order valence-electron chi connectivity index (χ3n) is 3.31. The number of halogens is 2. The molecule has 0 bridgehead atoms. The van der Waals surface area contributed by atoms with Gasteiger partial charge in [-0.05, 0) is 71.3 Å². The molecule has 0 fully saturated rings. The van der Waals surface area contributed by atoms with E-state index in [2.05, 4.69) is 66.0 Å². The van der Waals surface area contributed by atoms with E-state index in [1.54, 1.807) is 0 Å². The third-order valence-corrected chi connectivity index (χ3v) is 5.02. The summed E-state index contributed by atoms with van der Waals surface area (Å²) in [6.07, 6.45) is 1.11. The first kappa shape index (κ1) is 15.8. The zero-order valence-electron chi connectivity index (χ0n) is 11.8. The number of aryl methyl sites for hydroxylation is 1. The van der Waals surface area contributed by atoms with Crippen LogP contribution in [0.25, 0.3) is 0 Å². The lowest BCUT2D eigenvalue weighted by atomic mass is 9.97. The van der Waals surface area contributed by atoms with Crippen molar-refractivity contribution in [1.82, 2.24) is 5.32 Å². The zero-order valence-corrected chi connectivity index (χ0v) is 14.7. The van der Waals surface area contributed by atoms with E-state index >= 15 is 0 Å². The normalized spacial score (nSPS) is 12.4. The van der Waals surface area contributed by atoms with Crippen LogP contribution in [0.1, 0.15) is 36.1 Å². The largest absolute Gasteiger partial charge is 0.306 e. The minimum atomic E-state index is 0.195. The lowest BCUT2D eigenvalue weighted by Gasteiger charge is -2.22. The van der Waals surface area contributed by atoms with Crippen molar-refractivity contribution in [3.8, 4) is 0 Å². The molecule has 1 N–H and O–H groups in total. The highest BCUT2D eigenvalue weighted by atomic mass is 127. The Morgan fingerprint density at radius 3 is 2.65 bits per heavy atom. The Balaban J connectivity index is 2.44. The van der Waals surface area contributed by atoms with Crippen molar-refractivity contribution in [2.45, 2.75) is 26.3 Å². The molecule has 1 unspecified atom stereocenters. The van der Waals surface area contributed by atoms with Crippen LogP contribution in [-0.2, 0) is 0 Å². The van der Waals surface area contributed by atoms with Gasteiger partial charge in [-0.3, -0.25) is 0 Å². The van der Waals surface area contributed by atoms with Crippen LogP contribution in [0.15, 0.2) is 42.5 Å². The van der Waals surface area contributed by atoms with E-state index in [1.807, 2.05) is 18.2 Å². The summed E-state index contributed by atoms with van der Waals surface area (Å²) in [4.78, 5) is 0. The lowest BCUT2D eigenvalue weighted by molar-refractivity contribution is 0.596. The molecule has 3 heteroatoms. The molecule has 1 atom stereocenters. The molecule has 0 heterocycles. The molecule has 0 aliphatic rings. The molecule has 0 radical (unpaired) electrons. The summed E-state index contributed by atoms with van der Waals surface area (Å²) in [6.45, 7) is 5.32. The highest BCUT2D eigenvalue weighted by molar-refractivity contribution is 14.1. The maximum atomic E-state index is 6.15. The van der Waals surface area contributed by atoms with Gasteiger partial charge in [-0.2, -0.15) is 0 Å². The van der Waals surface area contributed by atoms with Crippen molar-refractivity contribution in [2.75, 3.05) is 6.54 Å². The van der Waals surface area contributed by atoms with Crippen molar-refractivity contribution in [3.05, 3.63) is 67.7 Å². The fourth-order valence-corrected chi connectivity index (χ4v) is 3.14. The molecule has 0 aromatic heterocycles. The van der Waals surface area contributed by atoms with Gasteiger partial charge in [0.1, 0.15) is 0 Å². The van der Waals surface area contributed by atoms with Gasteiger partial charge in [-0.1, -0.05) is 48.9 Å². The molecule has 0 saturated carbocycles. The molecule has 106 valence electrons. The van der Waals surface area contributed by atoms with Crippen LogP contribution in [0.2, 0.25) is 5.02 Å². The van der Waals surface area contributed by atoms with Gasteiger partial charge in [0.05, 0.1) is 6.04 Å². The molecule has 0 aliphatic carbocycles. The predicted molar refractivity (Wildman–Crippen MR) is 95.5 cm³/mol. The summed E-state index contributed by atoms with van der Waals surface area (Å²) in [5.41, 5.74) is 3.85. The fourth-order valence-electron chi connectivity index (χ4n) is 2.28. The van der Waals surface area contributed by atoms with E-state index in [4.69, 9.17) is 11.6 Å². The molecular weight excluding hydrogens is 381 g/mol. The van der Waals surface area contributed by atoms with Crippen LogP contribution in [-0.4, -0.2) is 6.54 Å². The molecule has 0 aliphatic heterocycles. The van der Waals surface area contributed by atoms with Crippen LogP contribution < -0.4 is 5.32 Å². The highest BCUT2D eigenvalue weighted by Gasteiger charge is 2.17. The van der Waals surface area contributed by atoms with Crippen LogP contribution >= 0.6 is 34.2 Å². The second-order valence-corrected chi connectivity index (χ2v) is 6.44. The first-order valence-corrected chi connectivity index (χ1v) is 8.33. The average Bonchev–Trinajstić information content (AvgIpc) is 2.44. The van der Waals surface area contributed by atoms with E-state index in [1.165, 1.54) is 20.3 Å². The van der Waals surface area contributed by atoms with Crippen molar-refractivity contribution >= 4 is 34.2 Å². The Morgan fingerprint density at radius 1 is 1.20 bits per heavy atom. The van der Waals surface area contributed by atoms with Gasteiger partial charge in [0.25, 0.3) is 0 Å². The molecule has 1 nitrogen and oxygen atoms in total. The molecule has 20 heavy (non-hydrogen) atoms. The van der Waals surface area contributed by atoms with E-state index in [-0.39, 0.29) is 6.04 Å². The Hall–Kier alpha value is -0.580. The molecule has 0 spiro atoms. The summed E-state index contributed by atoms with van der Waals surface area (Å²) >= 11 is 8.59. The predicted octanol–water partition coefficient (Wildman–Crippen LogP) is 5.34. The molecule has 2 aromatic carbocycles. The van der Waals surface area contributed by atoms with Gasteiger partial charge in [-0.25, -0.2) is 0 Å². The minimum absolute atomic E-state index is 0.195. The second kappa shape index (κ2) is 7.43. The van der Waals surface area contributed by atoms with E-state index in [0.29, 0.717) is 0 Å². The van der Waals surface area contributed by atoms with Crippen molar-refractivity contribution < 1.29 is 0 Å².